The zero-order valence-electron chi connectivity index (χ0n) is 14.5. The number of piperidine rings is 1. The minimum atomic E-state index is -0.621. The van der Waals surface area contributed by atoms with Crippen molar-refractivity contribution in [1.29, 1.82) is 0 Å². The number of unbranched alkanes of at least 4 members (excludes halogenated alkanes) is 3. The molecule has 1 unspecified atom stereocenters. The molecule has 3 rings (SSSR count). The van der Waals surface area contributed by atoms with Gasteiger partial charge >= 0.3 is 0 Å². The molecule has 7 heteroatoms. The molecule has 0 saturated carbocycles. The van der Waals surface area contributed by atoms with Gasteiger partial charge in [0.2, 0.25) is 11.8 Å². The molecule has 2 heterocycles. The van der Waals surface area contributed by atoms with E-state index in [0.29, 0.717) is 37.3 Å². The van der Waals surface area contributed by atoms with E-state index in [-0.39, 0.29) is 18.2 Å². The van der Waals surface area contributed by atoms with Crippen LogP contribution in [-0.2, 0) is 20.9 Å². The molecule has 2 aliphatic rings. The maximum atomic E-state index is 12.7. The number of benzene rings is 1. The second-order valence-electron chi connectivity index (χ2n) is 6.55. The van der Waals surface area contributed by atoms with Crippen molar-refractivity contribution in [2.24, 2.45) is 0 Å². The van der Waals surface area contributed by atoms with Gasteiger partial charge in [-0.3, -0.25) is 19.7 Å². The summed E-state index contributed by atoms with van der Waals surface area (Å²) in [5.74, 6) is -0.263. The van der Waals surface area contributed by atoms with E-state index in [1.54, 1.807) is 12.1 Å². The molecule has 0 bridgehead atoms. The van der Waals surface area contributed by atoms with Gasteiger partial charge in [-0.05, 0) is 37.8 Å². The lowest BCUT2D eigenvalue weighted by Crippen LogP contribution is -2.52. The molecule has 7 nitrogen and oxygen atoms in total. The fraction of sp³-hybridized carbons (Fsp3) is 0.474. The number of hydrogen-bond donors (Lipinski definition) is 1. The summed E-state index contributed by atoms with van der Waals surface area (Å²) in [6.45, 7) is 0.823. The lowest BCUT2D eigenvalue weighted by molar-refractivity contribution is -0.136. The predicted octanol–water partition coefficient (Wildman–Crippen LogP) is 1.59. The Balaban J connectivity index is 1.65. The third-order valence-electron chi connectivity index (χ3n) is 4.76. The van der Waals surface area contributed by atoms with Gasteiger partial charge in [-0.15, -0.1) is 0 Å². The van der Waals surface area contributed by atoms with Gasteiger partial charge in [0.1, 0.15) is 18.1 Å². The molecule has 138 valence electrons. The van der Waals surface area contributed by atoms with Crippen LogP contribution in [0.1, 0.15) is 54.4 Å². The molecule has 2 aliphatic heterocycles. The van der Waals surface area contributed by atoms with Crippen LogP contribution >= 0.6 is 0 Å². The van der Waals surface area contributed by atoms with Gasteiger partial charge in [-0.1, -0.05) is 6.07 Å². The van der Waals surface area contributed by atoms with E-state index < -0.39 is 11.9 Å². The van der Waals surface area contributed by atoms with Gasteiger partial charge in [0.25, 0.3) is 5.91 Å². The third-order valence-corrected chi connectivity index (χ3v) is 4.76. The van der Waals surface area contributed by atoms with Crippen LogP contribution in [0.5, 0.6) is 5.75 Å². The average Bonchev–Trinajstić information content (AvgIpc) is 2.96. The van der Waals surface area contributed by atoms with Crippen molar-refractivity contribution >= 4 is 24.0 Å². The molecule has 26 heavy (non-hydrogen) atoms. The monoisotopic (exact) mass is 358 g/mol. The summed E-state index contributed by atoms with van der Waals surface area (Å²) in [6, 6.07) is 4.71. The fourth-order valence-electron chi connectivity index (χ4n) is 3.38. The number of carbonyl (C=O) groups is 4. The first-order valence-corrected chi connectivity index (χ1v) is 8.95. The molecule has 0 aromatic heterocycles. The van der Waals surface area contributed by atoms with Gasteiger partial charge in [0.05, 0.1) is 13.2 Å². The molecule has 0 aliphatic carbocycles. The second-order valence-corrected chi connectivity index (χ2v) is 6.55. The highest BCUT2D eigenvalue weighted by Crippen LogP contribution is 2.33. The van der Waals surface area contributed by atoms with E-state index in [4.69, 9.17) is 4.74 Å². The van der Waals surface area contributed by atoms with E-state index in [1.165, 1.54) is 4.90 Å². The summed E-state index contributed by atoms with van der Waals surface area (Å²) < 4.78 is 5.84. The Kier molecular flexibility index (Phi) is 5.65. The lowest BCUT2D eigenvalue weighted by Gasteiger charge is -2.29. The van der Waals surface area contributed by atoms with Crippen molar-refractivity contribution < 1.29 is 23.9 Å². The standard InChI is InChI=1S/C19H22N2O5/c22-10-3-1-2-4-11-26-16-7-5-6-13-14(16)12-21(19(13)25)15-8-9-17(23)20-18(15)24/h5-7,10,15H,1-4,8-9,11-12H2,(H,20,23,24). The molecule has 0 radical (unpaired) electrons. The van der Waals surface area contributed by atoms with Crippen LogP contribution in [0.4, 0.5) is 0 Å². The van der Waals surface area contributed by atoms with Crippen LogP contribution in [-0.4, -0.2) is 41.6 Å². The molecular formula is C19H22N2O5. The van der Waals surface area contributed by atoms with Crippen LogP contribution in [0, 0.1) is 0 Å². The number of nitrogens with one attached hydrogen (secondary N) is 1. The van der Waals surface area contributed by atoms with Crippen molar-refractivity contribution in [2.75, 3.05) is 6.61 Å². The predicted molar refractivity (Wildman–Crippen MR) is 92.5 cm³/mol. The highest BCUT2D eigenvalue weighted by Gasteiger charge is 2.40. The van der Waals surface area contributed by atoms with Gasteiger partial charge in [0, 0.05) is 24.0 Å². The number of hydrogen-bond acceptors (Lipinski definition) is 5. The maximum absolute atomic E-state index is 12.7. The van der Waals surface area contributed by atoms with Gasteiger partial charge in [0.15, 0.2) is 0 Å². The molecule has 1 N–H and O–H groups in total. The number of aldehydes is 1. The SMILES string of the molecule is O=CCCCCCOc1cccc2c1CN(C1CCC(=O)NC1=O)C2=O. The van der Waals surface area contributed by atoms with E-state index in [0.717, 1.165) is 31.1 Å². The van der Waals surface area contributed by atoms with Crippen molar-refractivity contribution in [1.82, 2.24) is 10.2 Å². The summed E-state index contributed by atoms with van der Waals surface area (Å²) in [4.78, 5) is 47.9. The van der Waals surface area contributed by atoms with Gasteiger partial charge < -0.3 is 14.4 Å². The first-order valence-electron chi connectivity index (χ1n) is 8.95. The largest absolute Gasteiger partial charge is 0.493 e. The molecule has 1 saturated heterocycles. The number of rotatable bonds is 8. The van der Waals surface area contributed by atoms with E-state index >= 15 is 0 Å². The molecule has 0 spiro atoms. The van der Waals surface area contributed by atoms with Crippen LogP contribution in [0.2, 0.25) is 0 Å². The number of fused-ring (bicyclic) bond motifs is 1. The molecule has 1 atom stereocenters. The first kappa shape index (κ1) is 18.1. The quantitative estimate of drug-likeness (QED) is 0.433. The van der Waals surface area contributed by atoms with Crippen molar-refractivity contribution in [3.05, 3.63) is 29.3 Å². The zero-order valence-corrected chi connectivity index (χ0v) is 14.5. The number of carbonyl (C=O) groups excluding carboxylic acids is 4. The Labute approximate surface area is 151 Å². The molecule has 1 aromatic carbocycles. The average molecular weight is 358 g/mol. The highest BCUT2D eigenvalue weighted by atomic mass is 16.5. The van der Waals surface area contributed by atoms with Crippen LogP contribution in [0.15, 0.2) is 18.2 Å². The van der Waals surface area contributed by atoms with Crippen LogP contribution in [0.25, 0.3) is 0 Å². The summed E-state index contributed by atoms with van der Waals surface area (Å²) in [7, 11) is 0. The Morgan fingerprint density at radius 2 is 2.04 bits per heavy atom. The maximum Gasteiger partial charge on any atom is 0.255 e. The number of ether oxygens (including phenoxy) is 1. The van der Waals surface area contributed by atoms with Crippen molar-refractivity contribution in [3.8, 4) is 5.75 Å². The minimum Gasteiger partial charge on any atom is -0.493 e. The first-order chi connectivity index (χ1) is 12.6. The molecule has 1 aromatic rings. The Hall–Kier alpha value is -2.70. The van der Waals surface area contributed by atoms with E-state index in [1.807, 2.05) is 6.07 Å². The van der Waals surface area contributed by atoms with Gasteiger partial charge in [-0.25, -0.2) is 0 Å². The molecule has 1 fully saturated rings. The number of amides is 3. The number of imide groups is 1. The van der Waals surface area contributed by atoms with Crippen molar-refractivity contribution in [2.45, 2.75) is 51.1 Å². The smallest absolute Gasteiger partial charge is 0.255 e. The third kappa shape index (κ3) is 3.76. The minimum absolute atomic E-state index is 0.203. The second kappa shape index (κ2) is 8.12. The van der Waals surface area contributed by atoms with Gasteiger partial charge in [-0.2, -0.15) is 0 Å². The van der Waals surface area contributed by atoms with E-state index in [9.17, 15) is 19.2 Å². The topological polar surface area (TPSA) is 92.8 Å². The zero-order chi connectivity index (χ0) is 18.5. The summed E-state index contributed by atoms with van der Waals surface area (Å²) in [6.07, 6.45) is 4.66. The normalized spacial score (nSPS) is 19.3. The van der Waals surface area contributed by atoms with Crippen molar-refractivity contribution in [3.63, 3.8) is 0 Å². The molecule has 3 amide bonds. The Morgan fingerprint density at radius 1 is 1.19 bits per heavy atom. The summed E-state index contributed by atoms with van der Waals surface area (Å²) in [5.41, 5.74) is 1.34. The van der Waals surface area contributed by atoms with Crippen LogP contribution in [0.3, 0.4) is 0 Å². The highest BCUT2D eigenvalue weighted by molar-refractivity contribution is 6.05. The van der Waals surface area contributed by atoms with Crippen LogP contribution < -0.4 is 10.1 Å². The summed E-state index contributed by atoms with van der Waals surface area (Å²) >= 11 is 0. The lowest BCUT2D eigenvalue weighted by atomic mass is 10.0. The Bertz CT molecular complexity index is 731. The Morgan fingerprint density at radius 3 is 2.81 bits per heavy atom. The fourth-order valence-corrected chi connectivity index (χ4v) is 3.38. The molecular weight excluding hydrogens is 336 g/mol. The number of nitrogens with zero attached hydrogens (tertiary/aromatic N) is 1. The van der Waals surface area contributed by atoms with E-state index in [2.05, 4.69) is 5.32 Å². The summed E-state index contributed by atoms with van der Waals surface area (Å²) in [5, 5.41) is 2.30.